The molecule has 0 fully saturated rings. The van der Waals surface area contributed by atoms with Crippen LogP contribution in [0.15, 0.2) is 36.6 Å². The molecule has 0 saturated carbocycles. The number of hydrogen-bond donors (Lipinski definition) is 0. The standard InChI is InChI=1S/C19H14F8O2/c1-2-3-10-6-12(20)17(13(21)7-10)19(26,27)29-11-8-14(22)18(15(23)9-11)28-5-4-16(24)25/h4-9,16H,2-3H2,1H3. The van der Waals surface area contributed by atoms with Crippen molar-refractivity contribution in [1.29, 1.82) is 0 Å². The van der Waals surface area contributed by atoms with E-state index in [9.17, 15) is 35.1 Å². The van der Waals surface area contributed by atoms with Crippen molar-refractivity contribution in [3.63, 3.8) is 0 Å². The van der Waals surface area contributed by atoms with Crippen molar-refractivity contribution in [1.82, 2.24) is 0 Å². The third kappa shape index (κ3) is 5.61. The lowest BCUT2D eigenvalue weighted by atomic mass is 10.1. The Morgan fingerprint density at radius 2 is 1.48 bits per heavy atom. The minimum atomic E-state index is -4.60. The van der Waals surface area contributed by atoms with Crippen molar-refractivity contribution in [2.45, 2.75) is 32.3 Å². The Bertz CT molecular complexity index is 850. The summed E-state index contributed by atoms with van der Waals surface area (Å²) in [5.74, 6) is -8.55. The van der Waals surface area contributed by atoms with E-state index < -0.39 is 52.9 Å². The molecule has 0 aliphatic heterocycles. The van der Waals surface area contributed by atoms with Crippen molar-refractivity contribution >= 4 is 0 Å². The van der Waals surface area contributed by atoms with Crippen LogP contribution in [0, 0.1) is 23.3 Å². The van der Waals surface area contributed by atoms with Gasteiger partial charge in [0.2, 0.25) is 0 Å². The lowest BCUT2D eigenvalue weighted by molar-refractivity contribution is -0.189. The van der Waals surface area contributed by atoms with Gasteiger partial charge < -0.3 is 9.47 Å². The van der Waals surface area contributed by atoms with Crippen LogP contribution in [0.25, 0.3) is 0 Å². The summed E-state index contributed by atoms with van der Waals surface area (Å²) in [6.07, 6.45) is -6.29. The quantitative estimate of drug-likeness (QED) is 0.355. The zero-order valence-corrected chi connectivity index (χ0v) is 14.8. The molecule has 0 amide bonds. The molecule has 0 atom stereocenters. The summed E-state index contributed by atoms with van der Waals surface area (Å²) < 4.78 is 117. The molecule has 2 rings (SSSR count). The third-order valence-corrected chi connectivity index (χ3v) is 3.56. The second-order valence-corrected chi connectivity index (χ2v) is 5.80. The van der Waals surface area contributed by atoms with Crippen LogP contribution in [0.2, 0.25) is 0 Å². The number of allylic oxidation sites excluding steroid dienone is 1. The van der Waals surface area contributed by atoms with Gasteiger partial charge in [0.05, 0.1) is 6.26 Å². The smallest absolute Gasteiger partial charge is 0.432 e. The second kappa shape index (κ2) is 9.15. The number of alkyl halides is 4. The van der Waals surface area contributed by atoms with Crippen LogP contribution in [0.5, 0.6) is 11.5 Å². The maximum Gasteiger partial charge on any atom is 0.432 e. The highest BCUT2D eigenvalue weighted by molar-refractivity contribution is 5.36. The Balaban J connectivity index is 2.31. The van der Waals surface area contributed by atoms with E-state index in [0.29, 0.717) is 24.8 Å². The number of benzene rings is 2. The lowest BCUT2D eigenvalue weighted by Gasteiger charge is -2.20. The van der Waals surface area contributed by atoms with Crippen LogP contribution in [0.1, 0.15) is 24.5 Å². The molecule has 158 valence electrons. The molecule has 0 radical (unpaired) electrons. The molecule has 0 aromatic heterocycles. The van der Waals surface area contributed by atoms with Gasteiger partial charge in [0, 0.05) is 18.2 Å². The van der Waals surface area contributed by atoms with Crippen molar-refractivity contribution in [2.75, 3.05) is 0 Å². The van der Waals surface area contributed by atoms with Gasteiger partial charge in [-0.2, -0.15) is 8.78 Å². The van der Waals surface area contributed by atoms with Gasteiger partial charge in [-0.15, -0.1) is 0 Å². The van der Waals surface area contributed by atoms with Crippen LogP contribution in [-0.4, -0.2) is 6.43 Å². The van der Waals surface area contributed by atoms with Gasteiger partial charge in [-0.3, -0.25) is 0 Å². The summed E-state index contributed by atoms with van der Waals surface area (Å²) in [6, 6.07) is 1.94. The van der Waals surface area contributed by atoms with E-state index in [0.717, 1.165) is 0 Å². The molecule has 0 unspecified atom stereocenters. The maximum atomic E-state index is 14.3. The first kappa shape index (κ1) is 22.5. The van der Waals surface area contributed by atoms with Crippen LogP contribution in [0.3, 0.4) is 0 Å². The van der Waals surface area contributed by atoms with Crippen molar-refractivity contribution in [2.24, 2.45) is 0 Å². The van der Waals surface area contributed by atoms with Gasteiger partial charge in [-0.1, -0.05) is 13.3 Å². The molecule has 0 N–H and O–H groups in total. The molecule has 2 aromatic rings. The van der Waals surface area contributed by atoms with Crippen LogP contribution >= 0.6 is 0 Å². The van der Waals surface area contributed by atoms with Gasteiger partial charge in [0.25, 0.3) is 6.43 Å². The Morgan fingerprint density at radius 1 is 0.931 bits per heavy atom. The highest BCUT2D eigenvalue weighted by Gasteiger charge is 2.41. The van der Waals surface area contributed by atoms with Gasteiger partial charge in [0.15, 0.2) is 17.4 Å². The zero-order chi connectivity index (χ0) is 21.8. The minimum Gasteiger partial charge on any atom is -0.459 e. The molecule has 2 aromatic carbocycles. The monoisotopic (exact) mass is 426 g/mol. The highest BCUT2D eigenvalue weighted by atomic mass is 19.3. The average Bonchev–Trinajstić information content (AvgIpc) is 2.56. The molecular formula is C19H14F8O2. The highest BCUT2D eigenvalue weighted by Crippen LogP contribution is 2.37. The molecule has 0 aliphatic rings. The molecule has 0 saturated heterocycles. The summed E-state index contributed by atoms with van der Waals surface area (Å²) in [5.41, 5.74) is -1.57. The SMILES string of the molecule is CCCc1cc(F)c(C(F)(F)Oc2cc(F)c(OC=CC(F)F)c(F)c2)c(F)c1. The first-order chi connectivity index (χ1) is 13.5. The molecule has 0 spiro atoms. The predicted octanol–water partition coefficient (Wildman–Crippen LogP) is 6.48. The van der Waals surface area contributed by atoms with Crippen molar-refractivity contribution in [3.8, 4) is 11.5 Å². The molecular weight excluding hydrogens is 412 g/mol. The van der Waals surface area contributed by atoms with E-state index in [2.05, 4.69) is 9.47 Å². The number of aryl methyl sites for hydroxylation is 1. The van der Waals surface area contributed by atoms with E-state index in [4.69, 9.17) is 0 Å². The molecule has 0 aliphatic carbocycles. The normalized spacial score (nSPS) is 12.1. The van der Waals surface area contributed by atoms with Gasteiger partial charge in [-0.25, -0.2) is 26.3 Å². The van der Waals surface area contributed by atoms with E-state index in [-0.39, 0.29) is 30.2 Å². The fraction of sp³-hybridized carbons (Fsp3) is 0.263. The minimum absolute atomic E-state index is 0.150. The molecule has 2 nitrogen and oxygen atoms in total. The molecule has 0 bridgehead atoms. The lowest BCUT2D eigenvalue weighted by Crippen LogP contribution is -2.25. The number of ether oxygens (including phenoxy) is 2. The Labute approximate surface area is 160 Å². The first-order valence-corrected chi connectivity index (χ1v) is 8.21. The third-order valence-electron chi connectivity index (χ3n) is 3.56. The van der Waals surface area contributed by atoms with E-state index >= 15 is 0 Å². The fourth-order valence-corrected chi connectivity index (χ4v) is 2.41. The van der Waals surface area contributed by atoms with E-state index in [1.54, 1.807) is 6.92 Å². The summed E-state index contributed by atoms with van der Waals surface area (Å²) in [4.78, 5) is 0. The summed E-state index contributed by atoms with van der Waals surface area (Å²) in [5, 5.41) is 0. The molecule has 29 heavy (non-hydrogen) atoms. The Hall–Kier alpha value is -2.78. The Morgan fingerprint density at radius 3 is 1.97 bits per heavy atom. The molecule has 0 heterocycles. The summed E-state index contributed by atoms with van der Waals surface area (Å²) in [6.45, 7) is 1.72. The van der Waals surface area contributed by atoms with Gasteiger partial charge in [0.1, 0.15) is 22.9 Å². The van der Waals surface area contributed by atoms with E-state index in [1.165, 1.54) is 0 Å². The predicted molar refractivity (Wildman–Crippen MR) is 87.0 cm³/mol. The Kier molecular flexibility index (Phi) is 7.10. The van der Waals surface area contributed by atoms with E-state index in [1.807, 2.05) is 0 Å². The number of hydrogen-bond acceptors (Lipinski definition) is 2. The zero-order valence-electron chi connectivity index (χ0n) is 14.8. The van der Waals surface area contributed by atoms with Crippen LogP contribution in [-0.2, 0) is 12.5 Å². The average molecular weight is 426 g/mol. The number of halogens is 8. The van der Waals surface area contributed by atoms with Crippen LogP contribution in [0.4, 0.5) is 35.1 Å². The fourth-order valence-electron chi connectivity index (χ4n) is 2.41. The van der Waals surface area contributed by atoms with Gasteiger partial charge in [-0.05, 0) is 24.1 Å². The largest absolute Gasteiger partial charge is 0.459 e. The van der Waals surface area contributed by atoms with Crippen LogP contribution < -0.4 is 9.47 Å². The number of rotatable bonds is 8. The first-order valence-electron chi connectivity index (χ1n) is 8.21. The molecule has 10 heteroatoms. The van der Waals surface area contributed by atoms with Gasteiger partial charge >= 0.3 is 6.11 Å². The summed E-state index contributed by atoms with van der Waals surface area (Å²) in [7, 11) is 0. The summed E-state index contributed by atoms with van der Waals surface area (Å²) >= 11 is 0. The van der Waals surface area contributed by atoms with Crippen molar-refractivity contribution in [3.05, 3.63) is 71.0 Å². The maximum absolute atomic E-state index is 14.3. The van der Waals surface area contributed by atoms with Crippen molar-refractivity contribution < 1.29 is 44.6 Å². The second-order valence-electron chi connectivity index (χ2n) is 5.80. The topological polar surface area (TPSA) is 18.5 Å².